The molecule has 1 rings (SSSR count). The second kappa shape index (κ2) is 4.92. The highest BCUT2D eigenvalue weighted by Gasteiger charge is 2.34. The summed E-state index contributed by atoms with van der Waals surface area (Å²) in [6.45, 7) is 4.37. The van der Waals surface area contributed by atoms with Gasteiger partial charge < -0.3 is 20.8 Å². The van der Waals surface area contributed by atoms with E-state index in [1.807, 2.05) is 13.8 Å². The third-order valence-electron chi connectivity index (χ3n) is 2.61. The van der Waals surface area contributed by atoms with E-state index in [1.54, 1.807) is 0 Å². The van der Waals surface area contributed by atoms with Crippen LogP contribution in [0.15, 0.2) is 0 Å². The Bertz CT molecular complexity index is 223. The maximum absolute atomic E-state index is 11.8. The van der Waals surface area contributed by atoms with Crippen LogP contribution in [0.3, 0.4) is 0 Å². The Labute approximate surface area is 89.9 Å². The summed E-state index contributed by atoms with van der Waals surface area (Å²) in [7, 11) is 0. The molecule has 5 nitrogen and oxygen atoms in total. The number of hydrogen-bond donors (Lipinski definition) is 3. The Kier molecular flexibility index (Phi) is 4.07. The summed E-state index contributed by atoms with van der Waals surface area (Å²) in [5.74, 6) is 0.181. The van der Waals surface area contributed by atoms with Gasteiger partial charge in [0.25, 0.3) is 0 Å². The minimum absolute atomic E-state index is 0.181. The van der Waals surface area contributed by atoms with Crippen molar-refractivity contribution in [3.63, 3.8) is 0 Å². The third kappa shape index (κ3) is 3.15. The van der Waals surface area contributed by atoms with E-state index >= 15 is 0 Å². The van der Waals surface area contributed by atoms with Crippen molar-refractivity contribution in [3.05, 3.63) is 0 Å². The number of rotatable bonds is 3. The van der Waals surface area contributed by atoms with Crippen LogP contribution in [0, 0.1) is 5.92 Å². The lowest BCUT2D eigenvalue weighted by atomic mass is 10.0. The predicted octanol–water partition coefficient (Wildman–Crippen LogP) is -1.08. The number of aliphatic hydroxyl groups excluding tert-OH is 2. The maximum Gasteiger partial charge on any atom is 0.239 e. The van der Waals surface area contributed by atoms with Crippen molar-refractivity contribution in [2.75, 3.05) is 13.1 Å². The van der Waals surface area contributed by atoms with Crippen molar-refractivity contribution in [2.24, 2.45) is 11.7 Å². The Morgan fingerprint density at radius 2 is 1.87 bits per heavy atom. The SMILES string of the molecule is CC(C)C[C@H](N)C(=O)N1C[C@@H](O)[C@@H](O)C1. The number of hydrogen-bond acceptors (Lipinski definition) is 4. The van der Waals surface area contributed by atoms with Crippen LogP contribution >= 0.6 is 0 Å². The maximum atomic E-state index is 11.8. The highest BCUT2D eigenvalue weighted by molar-refractivity contribution is 5.82. The van der Waals surface area contributed by atoms with Crippen molar-refractivity contribution in [3.8, 4) is 0 Å². The third-order valence-corrected chi connectivity index (χ3v) is 2.61. The van der Waals surface area contributed by atoms with Gasteiger partial charge in [-0.15, -0.1) is 0 Å². The Morgan fingerprint density at radius 1 is 1.40 bits per heavy atom. The average Bonchev–Trinajstić information content (AvgIpc) is 2.44. The first-order valence-electron chi connectivity index (χ1n) is 5.32. The van der Waals surface area contributed by atoms with Crippen molar-refractivity contribution in [1.29, 1.82) is 0 Å². The Morgan fingerprint density at radius 3 is 2.27 bits per heavy atom. The topological polar surface area (TPSA) is 86.8 Å². The van der Waals surface area contributed by atoms with Gasteiger partial charge in [-0.3, -0.25) is 4.79 Å². The molecule has 4 N–H and O–H groups in total. The first kappa shape index (κ1) is 12.4. The smallest absolute Gasteiger partial charge is 0.239 e. The van der Waals surface area contributed by atoms with E-state index in [9.17, 15) is 15.0 Å². The molecular formula is C10H20N2O3. The molecule has 0 saturated carbocycles. The fraction of sp³-hybridized carbons (Fsp3) is 0.900. The van der Waals surface area contributed by atoms with Crippen molar-refractivity contribution >= 4 is 5.91 Å². The van der Waals surface area contributed by atoms with Crippen LogP contribution in [0.2, 0.25) is 0 Å². The molecular weight excluding hydrogens is 196 g/mol. The van der Waals surface area contributed by atoms with Gasteiger partial charge in [0, 0.05) is 13.1 Å². The van der Waals surface area contributed by atoms with Crippen LogP contribution in [-0.2, 0) is 4.79 Å². The summed E-state index contributed by atoms with van der Waals surface area (Å²) in [6.07, 6.45) is -1.04. The zero-order valence-electron chi connectivity index (χ0n) is 9.26. The molecule has 3 atom stereocenters. The fourth-order valence-electron chi connectivity index (χ4n) is 1.79. The van der Waals surface area contributed by atoms with Gasteiger partial charge >= 0.3 is 0 Å². The van der Waals surface area contributed by atoms with Crippen LogP contribution in [0.1, 0.15) is 20.3 Å². The zero-order valence-corrected chi connectivity index (χ0v) is 9.26. The molecule has 0 aliphatic carbocycles. The summed E-state index contributed by atoms with van der Waals surface area (Å²) in [6, 6.07) is -0.525. The minimum Gasteiger partial charge on any atom is -0.388 e. The van der Waals surface area contributed by atoms with Crippen molar-refractivity contribution < 1.29 is 15.0 Å². The molecule has 0 aromatic rings. The molecule has 0 unspecified atom stereocenters. The number of carbonyl (C=O) groups excluding carboxylic acids is 1. The number of likely N-dealkylation sites (tertiary alicyclic amines) is 1. The zero-order chi connectivity index (χ0) is 11.6. The lowest BCUT2D eigenvalue weighted by molar-refractivity contribution is -0.132. The van der Waals surface area contributed by atoms with Gasteiger partial charge in [0.2, 0.25) is 5.91 Å². The first-order valence-corrected chi connectivity index (χ1v) is 5.32. The molecule has 0 aromatic heterocycles. The van der Waals surface area contributed by atoms with Crippen LogP contribution in [0.5, 0.6) is 0 Å². The Balaban J connectivity index is 2.47. The second-order valence-electron chi connectivity index (χ2n) is 4.61. The molecule has 0 radical (unpaired) electrons. The molecule has 0 bridgehead atoms. The first-order chi connectivity index (χ1) is 6.91. The second-order valence-corrected chi connectivity index (χ2v) is 4.61. The van der Waals surface area contributed by atoms with E-state index in [2.05, 4.69) is 0 Å². The summed E-state index contributed by atoms with van der Waals surface area (Å²) >= 11 is 0. The van der Waals surface area contributed by atoms with E-state index in [1.165, 1.54) is 4.90 Å². The van der Waals surface area contributed by atoms with Gasteiger partial charge in [-0.05, 0) is 12.3 Å². The highest BCUT2D eigenvalue weighted by atomic mass is 16.3. The van der Waals surface area contributed by atoms with Crippen LogP contribution in [0.4, 0.5) is 0 Å². The average molecular weight is 216 g/mol. The lowest BCUT2D eigenvalue weighted by Crippen LogP contribution is -2.43. The number of nitrogens with zero attached hydrogens (tertiary/aromatic N) is 1. The number of amides is 1. The summed E-state index contributed by atoms with van der Waals surface area (Å²) in [5.41, 5.74) is 5.73. The van der Waals surface area contributed by atoms with E-state index in [-0.39, 0.29) is 19.0 Å². The number of β-amino-alcohol motifs (C(OH)–C–C–N with tert-alkyl or cyclic N) is 2. The monoisotopic (exact) mass is 216 g/mol. The minimum atomic E-state index is -0.833. The lowest BCUT2D eigenvalue weighted by Gasteiger charge is -2.21. The van der Waals surface area contributed by atoms with Crippen LogP contribution in [-0.4, -0.2) is 52.4 Å². The quantitative estimate of drug-likeness (QED) is 0.560. The predicted molar refractivity (Wildman–Crippen MR) is 56.0 cm³/mol. The van der Waals surface area contributed by atoms with Crippen molar-refractivity contribution in [2.45, 2.75) is 38.5 Å². The van der Waals surface area contributed by atoms with Gasteiger partial charge in [0.15, 0.2) is 0 Å². The molecule has 0 aromatic carbocycles. The van der Waals surface area contributed by atoms with E-state index in [4.69, 9.17) is 5.73 Å². The van der Waals surface area contributed by atoms with Gasteiger partial charge in [0.1, 0.15) is 0 Å². The number of nitrogens with two attached hydrogens (primary N) is 1. The number of aliphatic hydroxyl groups is 2. The van der Waals surface area contributed by atoms with Crippen molar-refractivity contribution in [1.82, 2.24) is 4.90 Å². The van der Waals surface area contributed by atoms with Gasteiger partial charge in [0.05, 0.1) is 18.2 Å². The molecule has 5 heteroatoms. The van der Waals surface area contributed by atoms with Crippen LogP contribution in [0.25, 0.3) is 0 Å². The van der Waals surface area contributed by atoms with Gasteiger partial charge in [-0.2, -0.15) is 0 Å². The molecule has 1 saturated heterocycles. The molecule has 1 aliphatic rings. The normalized spacial score (nSPS) is 28.5. The summed E-state index contributed by atoms with van der Waals surface area (Å²) in [5, 5.41) is 18.6. The molecule has 15 heavy (non-hydrogen) atoms. The molecule has 1 heterocycles. The van der Waals surface area contributed by atoms with Gasteiger partial charge in [-0.25, -0.2) is 0 Å². The standard InChI is InChI=1S/C10H20N2O3/c1-6(2)3-7(11)10(15)12-4-8(13)9(14)5-12/h6-9,13-14H,3-5,11H2,1-2H3/t7-,8-,9+/m0/s1. The fourth-order valence-corrected chi connectivity index (χ4v) is 1.79. The molecule has 88 valence electrons. The Hall–Kier alpha value is -0.650. The highest BCUT2D eigenvalue weighted by Crippen LogP contribution is 2.13. The molecule has 1 amide bonds. The van der Waals surface area contributed by atoms with E-state index in [0.717, 1.165) is 0 Å². The van der Waals surface area contributed by atoms with Gasteiger partial charge in [-0.1, -0.05) is 13.8 Å². The largest absolute Gasteiger partial charge is 0.388 e. The molecule has 0 spiro atoms. The summed E-state index contributed by atoms with van der Waals surface area (Å²) in [4.78, 5) is 13.2. The molecule has 1 aliphatic heterocycles. The van der Waals surface area contributed by atoms with E-state index < -0.39 is 18.2 Å². The number of carbonyl (C=O) groups is 1. The van der Waals surface area contributed by atoms with E-state index in [0.29, 0.717) is 12.3 Å². The molecule has 1 fully saturated rings. The summed E-state index contributed by atoms with van der Waals surface area (Å²) < 4.78 is 0. The van der Waals surface area contributed by atoms with Crippen LogP contribution < -0.4 is 5.73 Å².